The van der Waals surface area contributed by atoms with E-state index in [1.807, 2.05) is 73.7 Å². The van der Waals surface area contributed by atoms with Crippen LogP contribution in [0.3, 0.4) is 0 Å². The van der Waals surface area contributed by atoms with Crippen molar-refractivity contribution < 1.29 is 4.52 Å². The number of nitrogens with zero attached hydrogens (tertiary/aromatic N) is 4. The van der Waals surface area contributed by atoms with E-state index in [2.05, 4.69) is 20.3 Å². The molecule has 0 bridgehead atoms. The van der Waals surface area contributed by atoms with E-state index in [0.29, 0.717) is 17.5 Å². The molecule has 5 nitrogen and oxygen atoms in total. The molecule has 0 unspecified atom stereocenters. The molecule has 128 valence electrons. The normalized spacial score (nSPS) is 10.8. The van der Waals surface area contributed by atoms with E-state index in [1.54, 1.807) is 0 Å². The molecule has 0 radical (unpaired) electrons. The van der Waals surface area contributed by atoms with Crippen molar-refractivity contribution in [1.29, 1.82) is 0 Å². The van der Waals surface area contributed by atoms with E-state index < -0.39 is 0 Å². The molecule has 2 aromatic carbocycles. The molecule has 0 spiro atoms. The van der Waals surface area contributed by atoms with Crippen molar-refractivity contribution in [2.24, 2.45) is 0 Å². The van der Waals surface area contributed by atoms with Crippen LogP contribution in [-0.2, 0) is 5.75 Å². The summed E-state index contributed by atoms with van der Waals surface area (Å²) in [5.74, 6) is 1.73. The van der Waals surface area contributed by atoms with Crippen LogP contribution in [0.2, 0.25) is 0 Å². The minimum Gasteiger partial charge on any atom is -0.338 e. The molecule has 0 saturated heterocycles. The fourth-order valence-corrected chi connectivity index (χ4v) is 3.16. The fourth-order valence-electron chi connectivity index (χ4n) is 2.51. The number of benzene rings is 2. The van der Waals surface area contributed by atoms with Gasteiger partial charge in [0.1, 0.15) is 5.03 Å². The van der Waals surface area contributed by atoms with Crippen LogP contribution in [-0.4, -0.2) is 20.3 Å². The van der Waals surface area contributed by atoms with Crippen LogP contribution in [0.5, 0.6) is 0 Å². The average Bonchev–Trinajstić information content (AvgIpc) is 3.17. The lowest BCUT2D eigenvalue weighted by Gasteiger charge is -2.01. The zero-order valence-electron chi connectivity index (χ0n) is 14.2. The summed E-state index contributed by atoms with van der Waals surface area (Å²) in [6.07, 6.45) is 0. The predicted octanol–water partition coefficient (Wildman–Crippen LogP) is 4.79. The van der Waals surface area contributed by atoms with Gasteiger partial charge in [0, 0.05) is 11.1 Å². The van der Waals surface area contributed by atoms with Crippen LogP contribution in [0.1, 0.15) is 11.5 Å². The van der Waals surface area contributed by atoms with E-state index in [0.717, 1.165) is 27.4 Å². The highest BCUT2D eigenvalue weighted by Crippen LogP contribution is 2.24. The van der Waals surface area contributed by atoms with Crippen LogP contribution in [0.4, 0.5) is 0 Å². The summed E-state index contributed by atoms with van der Waals surface area (Å²) < 4.78 is 5.34. The Hall–Kier alpha value is -2.99. The first-order chi connectivity index (χ1) is 12.8. The molecule has 2 aromatic heterocycles. The molecular formula is C20H16N4OS. The fraction of sp³-hybridized carbons (Fsp3) is 0.100. The molecule has 2 heterocycles. The Kier molecular flexibility index (Phi) is 4.75. The van der Waals surface area contributed by atoms with Crippen LogP contribution in [0.15, 0.2) is 76.3 Å². The molecule has 0 atom stereocenters. The first-order valence-corrected chi connectivity index (χ1v) is 9.18. The molecule has 4 aromatic rings. The molecule has 0 aliphatic rings. The van der Waals surface area contributed by atoms with Gasteiger partial charge >= 0.3 is 0 Å². The topological polar surface area (TPSA) is 64.7 Å². The standard InChI is InChI=1S/C20H16N4OS/c1-14-6-5-9-16(12-14)20-21-18(25-24-20)13-26-19-11-10-17(22-23-19)15-7-3-2-4-8-15/h2-12H,13H2,1H3. The van der Waals surface area contributed by atoms with Crippen molar-refractivity contribution in [3.63, 3.8) is 0 Å². The molecule has 0 amide bonds. The second-order valence-corrected chi connectivity index (χ2v) is 6.79. The molecule has 6 heteroatoms. The second kappa shape index (κ2) is 7.49. The summed E-state index contributed by atoms with van der Waals surface area (Å²) >= 11 is 1.52. The maximum atomic E-state index is 5.34. The van der Waals surface area contributed by atoms with Gasteiger partial charge < -0.3 is 4.52 Å². The number of thioether (sulfide) groups is 1. The summed E-state index contributed by atoms with van der Waals surface area (Å²) in [6, 6.07) is 22.0. The molecule has 0 saturated carbocycles. The van der Waals surface area contributed by atoms with Gasteiger partial charge in [-0.15, -0.1) is 10.2 Å². The minimum atomic E-state index is 0.554. The van der Waals surface area contributed by atoms with Crippen molar-refractivity contribution in [3.8, 4) is 22.6 Å². The zero-order valence-corrected chi connectivity index (χ0v) is 15.0. The number of aryl methyl sites for hydroxylation is 1. The van der Waals surface area contributed by atoms with Crippen LogP contribution in [0.25, 0.3) is 22.6 Å². The van der Waals surface area contributed by atoms with E-state index in [-0.39, 0.29) is 0 Å². The van der Waals surface area contributed by atoms with Crippen LogP contribution >= 0.6 is 11.8 Å². The zero-order chi connectivity index (χ0) is 17.8. The molecule has 26 heavy (non-hydrogen) atoms. The predicted molar refractivity (Wildman–Crippen MR) is 102 cm³/mol. The smallest absolute Gasteiger partial charge is 0.237 e. The monoisotopic (exact) mass is 360 g/mol. The third-order valence-corrected chi connectivity index (χ3v) is 4.70. The van der Waals surface area contributed by atoms with Gasteiger partial charge in [0.25, 0.3) is 0 Å². The Labute approximate surface area is 155 Å². The third kappa shape index (κ3) is 3.81. The lowest BCUT2D eigenvalue weighted by Crippen LogP contribution is -1.90. The summed E-state index contributed by atoms with van der Waals surface area (Å²) in [7, 11) is 0. The van der Waals surface area contributed by atoms with Gasteiger partial charge in [-0.05, 0) is 25.1 Å². The molecule has 0 aliphatic heterocycles. The van der Waals surface area contributed by atoms with Crippen molar-refractivity contribution in [3.05, 3.63) is 78.2 Å². The number of hydrogen-bond donors (Lipinski definition) is 0. The van der Waals surface area contributed by atoms with Crippen molar-refractivity contribution in [2.45, 2.75) is 17.7 Å². The Balaban J connectivity index is 1.42. The summed E-state index contributed by atoms with van der Waals surface area (Å²) in [5.41, 5.74) is 4.03. The molecule has 0 aliphatic carbocycles. The first-order valence-electron chi connectivity index (χ1n) is 8.19. The summed E-state index contributed by atoms with van der Waals surface area (Å²) in [4.78, 5) is 4.46. The molecule has 0 N–H and O–H groups in total. The Morgan fingerprint density at radius 1 is 0.885 bits per heavy atom. The lowest BCUT2D eigenvalue weighted by molar-refractivity contribution is 0.391. The van der Waals surface area contributed by atoms with Crippen LogP contribution < -0.4 is 0 Å². The number of hydrogen-bond acceptors (Lipinski definition) is 6. The minimum absolute atomic E-state index is 0.554. The highest BCUT2D eigenvalue weighted by atomic mass is 32.2. The van der Waals surface area contributed by atoms with Crippen molar-refractivity contribution in [2.75, 3.05) is 0 Å². The Bertz CT molecular complexity index is 1000. The van der Waals surface area contributed by atoms with Gasteiger partial charge in [0.2, 0.25) is 11.7 Å². The number of aromatic nitrogens is 4. The quantitative estimate of drug-likeness (QED) is 0.477. The van der Waals surface area contributed by atoms with Gasteiger partial charge in [-0.1, -0.05) is 71.0 Å². The van der Waals surface area contributed by atoms with Gasteiger partial charge in [0.15, 0.2) is 0 Å². The van der Waals surface area contributed by atoms with Crippen molar-refractivity contribution in [1.82, 2.24) is 20.3 Å². The van der Waals surface area contributed by atoms with Crippen molar-refractivity contribution >= 4 is 11.8 Å². The van der Waals surface area contributed by atoms with E-state index >= 15 is 0 Å². The molecule has 4 rings (SSSR count). The largest absolute Gasteiger partial charge is 0.338 e. The highest BCUT2D eigenvalue weighted by molar-refractivity contribution is 7.98. The van der Waals surface area contributed by atoms with Crippen LogP contribution in [0, 0.1) is 6.92 Å². The van der Waals surface area contributed by atoms with E-state index in [9.17, 15) is 0 Å². The SMILES string of the molecule is Cc1cccc(-c2noc(CSc3ccc(-c4ccccc4)nn3)n2)c1. The summed E-state index contributed by atoms with van der Waals surface area (Å²) in [6.45, 7) is 2.04. The highest BCUT2D eigenvalue weighted by Gasteiger charge is 2.10. The second-order valence-electron chi connectivity index (χ2n) is 5.79. The maximum absolute atomic E-state index is 5.34. The Morgan fingerprint density at radius 2 is 1.73 bits per heavy atom. The van der Waals surface area contributed by atoms with Gasteiger partial charge in [-0.25, -0.2) is 0 Å². The molecular weight excluding hydrogens is 344 g/mol. The Morgan fingerprint density at radius 3 is 2.50 bits per heavy atom. The molecule has 0 fully saturated rings. The third-order valence-electron chi connectivity index (χ3n) is 3.80. The van der Waals surface area contributed by atoms with Gasteiger partial charge in [0.05, 0.1) is 11.4 Å². The van der Waals surface area contributed by atoms with Gasteiger partial charge in [-0.2, -0.15) is 4.98 Å². The van der Waals surface area contributed by atoms with E-state index in [1.165, 1.54) is 11.8 Å². The average molecular weight is 360 g/mol. The lowest BCUT2D eigenvalue weighted by atomic mass is 10.1. The van der Waals surface area contributed by atoms with E-state index in [4.69, 9.17) is 4.52 Å². The first kappa shape index (κ1) is 16.5. The summed E-state index contributed by atoms with van der Waals surface area (Å²) in [5, 5.41) is 13.4. The maximum Gasteiger partial charge on any atom is 0.237 e. The number of rotatable bonds is 5. The van der Waals surface area contributed by atoms with Gasteiger partial charge in [-0.3, -0.25) is 0 Å².